The molecule has 1 saturated carbocycles. The molecule has 1 atom stereocenters. The average molecular weight is 300 g/mol. The summed E-state index contributed by atoms with van der Waals surface area (Å²) in [6, 6.07) is 10.8. The van der Waals surface area contributed by atoms with Crippen LogP contribution in [0.1, 0.15) is 48.5 Å². The van der Waals surface area contributed by atoms with Crippen molar-refractivity contribution in [3.63, 3.8) is 0 Å². The number of hydrogen-bond donors (Lipinski definition) is 1. The standard InChI is InChI=1S/C17H20N2OS/c18-12-17(9-4-10-17)19-16(20)11-21-15-8-3-6-13-5-1-2-7-14(13)15/h1-2,5,7,15H,3-4,6,8-11H2,(H,19,20). The number of thioether (sulfide) groups is 1. The number of nitrogens with zero attached hydrogens (tertiary/aromatic N) is 1. The SMILES string of the molecule is N#CC1(NC(=O)CSC2CCCc3ccccc32)CCC1. The molecule has 2 aliphatic carbocycles. The Kier molecular flexibility index (Phi) is 4.21. The highest BCUT2D eigenvalue weighted by atomic mass is 32.2. The van der Waals surface area contributed by atoms with Crippen LogP contribution >= 0.6 is 11.8 Å². The van der Waals surface area contributed by atoms with Gasteiger partial charge in [-0.15, -0.1) is 11.8 Å². The first-order valence-corrected chi connectivity index (χ1v) is 8.69. The summed E-state index contributed by atoms with van der Waals surface area (Å²) in [4.78, 5) is 12.1. The molecular weight excluding hydrogens is 280 g/mol. The molecule has 1 unspecified atom stereocenters. The number of nitrogens with one attached hydrogen (secondary N) is 1. The monoisotopic (exact) mass is 300 g/mol. The van der Waals surface area contributed by atoms with Crippen LogP contribution in [0.3, 0.4) is 0 Å². The topological polar surface area (TPSA) is 52.9 Å². The van der Waals surface area contributed by atoms with Crippen LogP contribution in [0.4, 0.5) is 0 Å². The number of fused-ring (bicyclic) bond motifs is 1. The van der Waals surface area contributed by atoms with Crippen molar-refractivity contribution in [2.24, 2.45) is 0 Å². The second-order valence-corrected chi connectivity index (χ2v) is 7.18. The Morgan fingerprint density at radius 1 is 1.38 bits per heavy atom. The Bertz CT molecular complexity index is 574. The Hall–Kier alpha value is -1.47. The fraction of sp³-hybridized carbons (Fsp3) is 0.529. The molecule has 1 aromatic carbocycles. The van der Waals surface area contributed by atoms with Gasteiger partial charge in [0.15, 0.2) is 0 Å². The van der Waals surface area contributed by atoms with Crippen molar-refractivity contribution in [1.29, 1.82) is 5.26 Å². The number of benzene rings is 1. The molecule has 4 heteroatoms. The van der Waals surface area contributed by atoms with Crippen molar-refractivity contribution in [2.75, 3.05) is 5.75 Å². The predicted molar refractivity (Wildman–Crippen MR) is 84.9 cm³/mol. The van der Waals surface area contributed by atoms with Gasteiger partial charge in [-0.1, -0.05) is 24.3 Å². The fourth-order valence-corrected chi connectivity index (χ4v) is 4.32. The van der Waals surface area contributed by atoms with Gasteiger partial charge in [0.1, 0.15) is 5.54 Å². The molecule has 3 nitrogen and oxygen atoms in total. The van der Waals surface area contributed by atoms with E-state index in [4.69, 9.17) is 5.26 Å². The number of carbonyl (C=O) groups excluding carboxylic acids is 1. The van der Waals surface area contributed by atoms with E-state index in [1.807, 2.05) is 0 Å². The first-order chi connectivity index (χ1) is 10.2. The van der Waals surface area contributed by atoms with E-state index >= 15 is 0 Å². The van der Waals surface area contributed by atoms with E-state index < -0.39 is 5.54 Å². The highest BCUT2D eigenvalue weighted by molar-refractivity contribution is 8.00. The zero-order valence-corrected chi connectivity index (χ0v) is 12.9. The van der Waals surface area contributed by atoms with Crippen LogP contribution in [-0.4, -0.2) is 17.2 Å². The van der Waals surface area contributed by atoms with Crippen molar-refractivity contribution in [1.82, 2.24) is 5.32 Å². The minimum absolute atomic E-state index is 0.00399. The van der Waals surface area contributed by atoms with Crippen LogP contribution in [-0.2, 0) is 11.2 Å². The van der Waals surface area contributed by atoms with Gasteiger partial charge in [0.2, 0.25) is 5.91 Å². The second kappa shape index (κ2) is 6.11. The van der Waals surface area contributed by atoms with E-state index in [0.717, 1.165) is 32.1 Å². The van der Waals surface area contributed by atoms with Crippen LogP contribution in [0, 0.1) is 11.3 Å². The molecule has 1 amide bonds. The van der Waals surface area contributed by atoms with Gasteiger partial charge in [-0.25, -0.2) is 0 Å². The van der Waals surface area contributed by atoms with Crippen LogP contribution < -0.4 is 5.32 Å². The van der Waals surface area contributed by atoms with Gasteiger partial charge in [0.25, 0.3) is 0 Å². The molecule has 0 saturated heterocycles. The molecule has 0 spiro atoms. The number of nitriles is 1. The molecule has 1 aromatic rings. The molecule has 21 heavy (non-hydrogen) atoms. The molecule has 0 aromatic heterocycles. The summed E-state index contributed by atoms with van der Waals surface area (Å²) in [6.45, 7) is 0. The largest absolute Gasteiger partial charge is 0.337 e. The van der Waals surface area contributed by atoms with Crippen LogP contribution in [0.5, 0.6) is 0 Å². The maximum atomic E-state index is 12.1. The zero-order chi connectivity index (χ0) is 14.7. The van der Waals surface area contributed by atoms with Crippen molar-refractivity contribution in [2.45, 2.75) is 49.3 Å². The molecule has 0 aliphatic heterocycles. The smallest absolute Gasteiger partial charge is 0.231 e. The summed E-state index contributed by atoms with van der Waals surface area (Å²) >= 11 is 1.71. The molecule has 1 N–H and O–H groups in total. The van der Waals surface area contributed by atoms with E-state index in [1.54, 1.807) is 11.8 Å². The maximum Gasteiger partial charge on any atom is 0.231 e. The maximum absolute atomic E-state index is 12.1. The Labute approximate surface area is 130 Å². The van der Waals surface area contributed by atoms with Gasteiger partial charge >= 0.3 is 0 Å². The van der Waals surface area contributed by atoms with Crippen LogP contribution in [0.2, 0.25) is 0 Å². The Morgan fingerprint density at radius 3 is 2.90 bits per heavy atom. The summed E-state index contributed by atoms with van der Waals surface area (Å²) in [7, 11) is 0. The predicted octanol–water partition coefficient (Wildman–Crippen LogP) is 3.36. The molecule has 0 heterocycles. The Balaban J connectivity index is 1.56. The third-order valence-electron chi connectivity index (χ3n) is 4.53. The Morgan fingerprint density at radius 2 is 2.19 bits per heavy atom. The zero-order valence-electron chi connectivity index (χ0n) is 12.1. The summed E-state index contributed by atoms with van der Waals surface area (Å²) in [5.74, 6) is 0.451. The first kappa shape index (κ1) is 14.5. The summed E-state index contributed by atoms with van der Waals surface area (Å²) in [6.07, 6.45) is 6.11. The minimum atomic E-state index is -0.567. The highest BCUT2D eigenvalue weighted by Gasteiger charge is 2.38. The van der Waals surface area contributed by atoms with E-state index in [-0.39, 0.29) is 5.91 Å². The van der Waals surface area contributed by atoms with Gasteiger partial charge in [0.05, 0.1) is 11.8 Å². The number of hydrogen-bond acceptors (Lipinski definition) is 3. The molecule has 0 bridgehead atoms. The normalized spacial score (nSPS) is 22.5. The molecule has 3 rings (SSSR count). The van der Waals surface area contributed by atoms with E-state index in [9.17, 15) is 4.79 Å². The molecule has 1 fully saturated rings. The van der Waals surface area contributed by atoms with Gasteiger partial charge < -0.3 is 5.32 Å². The van der Waals surface area contributed by atoms with Gasteiger partial charge in [-0.05, 0) is 49.7 Å². The van der Waals surface area contributed by atoms with Gasteiger partial charge in [0, 0.05) is 5.25 Å². The van der Waals surface area contributed by atoms with E-state index in [0.29, 0.717) is 11.0 Å². The molecule has 0 radical (unpaired) electrons. The molecular formula is C17H20N2OS. The lowest BCUT2D eigenvalue weighted by Gasteiger charge is -2.36. The lowest BCUT2D eigenvalue weighted by Crippen LogP contribution is -2.52. The van der Waals surface area contributed by atoms with E-state index in [2.05, 4.69) is 35.7 Å². The number of rotatable bonds is 4. The van der Waals surface area contributed by atoms with Gasteiger partial charge in [-0.2, -0.15) is 5.26 Å². The van der Waals surface area contributed by atoms with Crippen molar-refractivity contribution in [3.8, 4) is 6.07 Å². The number of carbonyl (C=O) groups is 1. The summed E-state index contributed by atoms with van der Waals surface area (Å²) in [5.41, 5.74) is 2.25. The van der Waals surface area contributed by atoms with Crippen LogP contribution in [0.25, 0.3) is 0 Å². The van der Waals surface area contributed by atoms with Gasteiger partial charge in [-0.3, -0.25) is 4.79 Å². The molecule has 110 valence electrons. The minimum Gasteiger partial charge on any atom is -0.337 e. The van der Waals surface area contributed by atoms with Crippen LogP contribution in [0.15, 0.2) is 24.3 Å². The summed E-state index contributed by atoms with van der Waals surface area (Å²) < 4.78 is 0. The van der Waals surface area contributed by atoms with Crippen molar-refractivity contribution < 1.29 is 4.79 Å². The fourth-order valence-electron chi connectivity index (χ4n) is 3.16. The quantitative estimate of drug-likeness (QED) is 0.927. The molecule has 2 aliphatic rings. The van der Waals surface area contributed by atoms with E-state index in [1.165, 1.54) is 17.5 Å². The third kappa shape index (κ3) is 3.08. The number of amides is 1. The highest BCUT2D eigenvalue weighted by Crippen LogP contribution is 2.39. The average Bonchev–Trinajstić information content (AvgIpc) is 2.49. The van der Waals surface area contributed by atoms with Crippen molar-refractivity contribution >= 4 is 17.7 Å². The lowest BCUT2D eigenvalue weighted by atomic mass is 9.78. The second-order valence-electron chi connectivity index (χ2n) is 5.99. The first-order valence-electron chi connectivity index (χ1n) is 7.64. The van der Waals surface area contributed by atoms with Crippen molar-refractivity contribution in [3.05, 3.63) is 35.4 Å². The lowest BCUT2D eigenvalue weighted by molar-refractivity contribution is -0.120. The third-order valence-corrected chi connectivity index (χ3v) is 5.85. The number of aryl methyl sites for hydroxylation is 1. The summed E-state index contributed by atoms with van der Waals surface area (Å²) in [5, 5.41) is 12.5.